The molecular formula is C22H31N3O5. The highest BCUT2D eigenvalue weighted by Crippen LogP contribution is 2.22. The topological polar surface area (TPSA) is 98.7 Å². The van der Waals surface area contributed by atoms with Crippen molar-refractivity contribution >= 4 is 28.9 Å². The number of nitrogens with zero attached hydrogens (tertiary/aromatic N) is 1. The third kappa shape index (κ3) is 6.23. The van der Waals surface area contributed by atoms with E-state index < -0.39 is 35.7 Å². The molecule has 1 aromatic carbocycles. The molecule has 1 heterocycles. The Hall–Kier alpha value is -3.03. The van der Waals surface area contributed by atoms with Crippen LogP contribution in [-0.4, -0.2) is 46.8 Å². The van der Waals surface area contributed by atoms with E-state index in [-0.39, 0.29) is 13.0 Å². The number of alkyl carbamates (subject to hydrolysis) is 1. The summed E-state index contributed by atoms with van der Waals surface area (Å²) in [6.45, 7) is 8.64. The number of benzene rings is 1. The number of aryl methyl sites for hydroxylation is 1. The highest BCUT2D eigenvalue weighted by molar-refractivity contribution is 5.90. The van der Waals surface area contributed by atoms with Crippen LogP contribution in [0.1, 0.15) is 40.2 Å². The molecule has 2 amide bonds. The van der Waals surface area contributed by atoms with Crippen LogP contribution in [0.4, 0.5) is 4.79 Å². The predicted molar refractivity (Wildman–Crippen MR) is 114 cm³/mol. The van der Waals surface area contributed by atoms with Crippen LogP contribution in [0.2, 0.25) is 0 Å². The first-order chi connectivity index (χ1) is 14.0. The molecule has 2 atom stereocenters. The molecule has 8 heteroatoms. The minimum absolute atomic E-state index is 0.201. The zero-order chi connectivity index (χ0) is 22.5. The Balaban J connectivity index is 2.14. The molecule has 0 radical (unpaired) electrons. The van der Waals surface area contributed by atoms with Crippen molar-refractivity contribution in [1.82, 2.24) is 15.2 Å². The summed E-state index contributed by atoms with van der Waals surface area (Å²) in [5.41, 5.74) is 1.27. The molecule has 0 bridgehead atoms. The Bertz CT molecular complexity index is 913. The van der Waals surface area contributed by atoms with Gasteiger partial charge in [0.2, 0.25) is 5.91 Å². The summed E-state index contributed by atoms with van der Waals surface area (Å²) < 4.78 is 12.3. The zero-order valence-electron chi connectivity index (χ0n) is 18.4. The Kier molecular flexibility index (Phi) is 7.48. The van der Waals surface area contributed by atoms with Gasteiger partial charge in [-0.3, -0.25) is 4.79 Å². The number of amides is 2. The fourth-order valence-corrected chi connectivity index (χ4v) is 3.09. The minimum atomic E-state index is -0.885. The van der Waals surface area contributed by atoms with Gasteiger partial charge in [0.1, 0.15) is 17.7 Å². The van der Waals surface area contributed by atoms with Gasteiger partial charge < -0.3 is 24.7 Å². The number of aromatic nitrogens is 1. The maximum Gasteiger partial charge on any atom is 0.408 e. The normalized spacial score (nSPS) is 13.4. The van der Waals surface area contributed by atoms with Crippen molar-refractivity contribution < 1.29 is 23.9 Å². The molecule has 8 nitrogen and oxygen atoms in total. The molecule has 1 unspecified atom stereocenters. The van der Waals surface area contributed by atoms with E-state index in [4.69, 9.17) is 9.47 Å². The van der Waals surface area contributed by atoms with E-state index in [1.807, 2.05) is 42.1 Å². The molecular weight excluding hydrogens is 386 g/mol. The average Bonchev–Trinajstić information content (AvgIpc) is 2.95. The Labute approximate surface area is 176 Å². The Morgan fingerprint density at radius 2 is 1.80 bits per heavy atom. The minimum Gasteiger partial charge on any atom is -0.464 e. The lowest BCUT2D eigenvalue weighted by Gasteiger charge is -2.23. The molecule has 2 aromatic rings. The maximum absolute atomic E-state index is 12.6. The monoisotopic (exact) mass is 417 g/mol. The second kappa shape index (κ2) is 9.65. The van der Waals surface area contributed by atoms with E-state index in [9.17, 15) is 14.4 Å². The number of ether oxygens (including phenoxy) is 2. The van der Waals surface area contributed by atoms with Gasteiger partial charge in [-0.05, 0) is 46.2 Å². The summed E-state index contributed by atoms with van der Waals surface area (Å²) in [4.78, 5) is 37.1. The summed E-state index contributed by atoms with van der Waals surface area (Å²) in [7, 11) is 1.93. The van der Waals surface area contributed by atoms with Crippen LogP contribution in [0, 0.1) is 0 Å². The summed E-state index contributed by atoms with van der Waals surface area (Å²) in [6, 6.07) is 6.07. The van der Waals surface area contributed by atoms with Crippen LogP contribution in [0.15, 0.2) is 30.5 Å². The number of esters is 1. The lowest BCUT2D eigenvalue weighted by molar-refractivity contribution is -0.147. The third-order valence-corrected chi connectivity index (χ3v) is 4.42. The second-order valence-corrected chi connectivity index (χ2v) is 8.17. The van der Waals surface area contributed by atoms with Gasteiger partial charge in [0.25, 0.3) is 0 Å². The summed E-state index contributed by atoms with van der Waals surface area (Å²) in [6.07, 6.45) is 1.50. The zero-order valence-corrected chi connectivity index (χ0v) is 18.4. The third-order valence-electron chi connectivity index (χ3n) is 4.42. The van der Waals surface area contributed by atoms with Gasteiger partial charge in [0.05, 0.1) is 6.61 Å². The molecule has 0 spiro atoms. The SMILES string of the molecule is CCOC(=O)C(Cc1cn(C)c2ccccc12)NC(=O)[C@H](C)NC(=O)OC(C)(C)C. The van der Waals surface area contributed by atoms with Crippen molar-refractivity contribution in [3.05, 3.63) is 36.0 Å². The average molecular weight is 418 g/mol. The predicted octanol–water partition coefficient (Wildman–Crippen LogP) is 2.68. The maximum atomic E-state index is 12.6. The fourth-order valence-electron chi connectivity index (χ4n) is 3.09. The molecule has 2 rings (SSSR count). The Morgan fingerprint density at radius 3 is 2.43 bits per heavy atom. The highest BCUT2D eigenvalue weighted by Gasteiger charge is 2.27. The van der Waals surface area contributed by atoms with Gasteiger partial charge in [-0.1, -0.05) is 18.2 Å². The molecule has 0 saturated heterocycles. The molecule has 164 valence electrons. The van der Waals surface area contributed by atoms with E-state index >= 15 is 0 Å². The highest BCUT2D eigenvalue weighted by atomic mass is 16.6. The first-order valence-corrected chi connectivity index (χ1v) is 10.0. The molecule has 0 aliphatic heterocycles. The summed E-state index contributed by atoms with van der Waals surface area (Å²) in [5.74, 6) is -1.03. The smallest absolute Gasteiger partial charge is 0.408 e. The number of nitrogens with one attached hydrogen (secondary N) is 2. The fraction of sp³-hybridized carbons (Fsp3) is 0.500. The second-order valence-electron chi connectivity index (χ2n) is 8.17. The quantitative estimate of drug-likeness (QED) is 0.675. The number of fused-ring (bicyclic) bond motifs is 1. The number of para-hydroxylation sites is 1. The van der Waals surface area contributed by atoms with Gasteiger partial charge in [0.15, 0.2) is 0 Å². The number of carbonyl (C=O) groups is 3. The molecule has 30 heavy (non-hydrogen) atoms. The summed E-state index contributed by atoms with van der Waals surface area (Å²) >= 11 is 0. The standard InChI is InChI=1S/C22H31N3O5/c1-7-29-20(27)17(12-15-13-25(6)18-11-9-8-10-16(15)18)24-19(26)14(2)23-21(28)30-22(3,4)5/h8-11,13-14,17H,7,12H2,1-6H3,(H,23,28)(H,24,26)/t14-,17?/m0/s1. The van der Waals surface area contributed by atoms with Gasteiger partial charge in [-0.15, -0.1) is 0 Å². The first-order valence-electron chi connectivity index (χ1n) is 10.0. The van der Waals surface area contributed by atoms with E-state index in [0.29, 0.717) is 0 Å². The van der Waals surface area contributed by atoms with E-state index in [2.05, 4.69) is 10.6 Å². The number of carbonyl (C=O) groups excluding carboxylic acids is 3. The van der Waals surface area contributed by atoms with Crippen LogP contribution in [0.5, 0.6) is 0 Å². The van der Waals surface area contributed by atoms with Crippen molar-refractivity contribution in [3.63, 3.8) is 0 Å². The number of hydrogen-bond donors (Lipinski definition) is 2. The largest absolute Gasteiger partial charge is 0.464 e. The number of hydrogen-bond acceptors (Lipinski definition) is 5. The summed E-state index contributed by atoms with van der Waals surface area (Å²) in [5, 5.41) is 6.18. The van der Waals surface area contributed by atoms with Crippen molar-refractivity contribution in [3.8, 4) is 0 Å². The first kappa shape index (κ1) is 23.3. The van der Waals surface area contributed by atoms with Gasteiger partial charge in [-0.25, -0.2) is 9.59 Å². The van der Waals surface area contributed by atoms with Gasteiger partial charge >= 0.3 is 12.1 Å². The lowest BCUT2D eigenvalue weighted by Crippen LogP contribution is -2.52. The van der Waals surface area contributed by atoms with Crippen LogP contribution >= 0.6 is 0 Å². The molecule has 0 aliphatic carbocycles. The molecule has 0 fully saturated rings. The van der Waals surface area contributed by atoms with Crippen LogP contribution < -0.4 is 10.6 Å². The van der Waals surface area contributed by atoms with Gasteiger partial charge in [0, 0.05) is 30.6 Å². The lowest BCUT2D eigenvalue weighted by atomic mass is 10.0. The van der Waals surface area contributed by atoms with Crippen molar-refractivity contribution in [2.45, 2.75) is 58.7 Å². The van der Waals surface area contributed by atoms with Gasteiger partial charge in [-0.2, -0.15) is 0 Å². The van der Waals surface area contributed by atoms with Crippen LogP contribution in [0.25, 0.3) is 10.9 Å². The van der Waals surface area contributed by atoms with Crippen molar-refractivity contribution in [1.29, 1.82) is 0 Å². The van der Waals surface area contributed by atoms with E-state index in [1.54, 1.807) is 27.7 Å². The molecule has 0 saturated carbocycles. The van der Waals surface area contributed by atoms with Crippen molar-refractivity contribution in [2.24, 2.45) is 7.05 Å². The van der Waals surface area contributed by atoms with Crippen LogP contribution in [-0.2, 0) is 32.5 Å². The van der Waals surface area contributed by atoms with E-state index in [1.165, 1.54) is 6.92 Å². The van der Waals surface area contributed by atoms with Crippen molar-refractivity contribution in [2.75, 3.05) is 6.61 Å². The Morgan fingerprint density at radius 1 is 1.13 bits per heavy atom. The molecule has 2 N–H and O–H groups in total. The number of rotatable bonds is 7. The van der Waals surface area contributed by atoms with Crippen LogP contribution in [0.3, 0.4) is 0 Å². The van der Waals surface area contributed by atoms with E-state index in [0.717, 1.165) is 16.5 Å². The molecule has 0 aliphatic rings. The molecule has 1 aromatic heterocycles.